The molecule has 0 amide bonds. The van der Waals surface area contributed by atoms with Crippen LogP contribution < -0.4 is 11.1 Å². The Hall–Kier alpha value is -0.520. The van der Waals surface area contributed by atoms with E-state index >= 15 is 0 Å². The fourth-order valence-corrected chi connectivity index (χ4v) is 1.95. The van der Waals surface area contributed by atoms with Crippen molar-refractivity contribution in [1.29, 1.82) is 0 Å². The topological polar surface area (TPSA) is 38.0 Å². The molecule has 3 N–H and O–H groups in total. The number of hydrogen-bond acceptors (Lipinski definition) is 2. The molecule has 2 heteroatoms. The van der Waals surface area contributed by atoms with Crippen LogP contribution in [0.4, 0.5) is 0 Å². The molecule has 1 rings (SSSR count). The molecule has 0 spiro atoms. The number of nitrogens with one attached hydrogen (secondary N) is 1. The first kappa shape index (κ1) is 10.6. The fourth-order valence-electron chi connectivity index (χ4n) is 1.95. The Morgan fingerprint density at radius 1 is 1.62 bits per heavy atom. The number of hydrogen-bond donors (Lipinski definition) is 2. The molecule has 0 heterocycles. The maximum Gasteiger partial charge on any atom is 0.0686 e. The van der Waals surface area contributed by atoms with Crippen LogP contribution in [0.5, 0.6) is 0 Å². The van der Waals surface area contributed by atoms with Crippen molar-refractivity contribution in [3.63, 3.8) is 0 Å². The first-order chi connectivity index (χ1) is 6.26. The summed E-state index contributed by atoms with van der Waals surface area (Å²) in [5.41, 5.74) is 5.89. The SMILES string of the molecule is C#CC(CC)NC1CCCC(N)C1. The van der Waals surface area contributed by atoms with Crippen molar-refractivity contribution >= 4 is 0 Å². The van der Waals surface area contributed by atoms with Gasteiger partial charge in [0.05, 0.1) is 6.04 Å². The van der Waals surface area contributed by atoms with Gasteiger partial charge in [-0.3, -0.25) is 0 Å². The largest absolute Gasteiger partial charge is 0.328 e. The summed E-state index contributed by atoms with van der Waals surface area (Å²) < 4.78 is 0. The molecule has 0 aromatic heterocycles. The van der Waals surface area contributed by atoms with Crippen LogP contribution in [0, 0.1) is 12.3 Å². The minimum atomic E-state index is 0.232. The molecule has 74 valence electrons. The van der Waals surface area contributed by atoms with Gasteiger partial charge in [-0.25, -0.2) is 0 Å². The maximum atomic E-state index is 5.89. The second-order valence-electron chi connectivity index (χ2n) is 3.92. The van der Waals surface area contributed by atoms with E-state index in [1.807, 2.05) is 0 Å². The molecule has 2 nitrogen and oxygen atoms in total. The zero-order chi connectivity index (χ0) is 9.68. The van der Waals surface area contributed by atoms with E-state index in [1.54, 1.807) is 0 Å². The zero-order valence-electron chi connectivity index (χ0n) is 8.42. The number of nitrogens with two attached hydrogens (primary N) is 1. The molecule has 3 unspecified atom stereocenters. The quantitative estimate of drug-likeness (QED) is 0.642. The zero-order valence-corrected chi connectivity index (χ0v) is 8.42. The molecule has 0 bridgehead atoms. The van der Waals surface area contributed by atoms with E-state index in [2.05, 4.69) is 18.2 Å². The van der Waals surface area contributed by atoms with Crippen LogP contribution in [0.1, 0.15) is 39.0 Å². The average molecular weight is 180 g/mol. The summed E-state index contributed by atoms with van der Waals surface area (Å²) in [6.45, 7) is 2.11. The van der Waals surface area contributed by atoms with Crippen LogP contribution in [0.3, 0.4) is 0 Å². The summed E-state index contributed by atoms with van der Waals surface area (Å²) in [7, 11) is 0. The molecule has 13 heavy (non-hydrogen) atoms. The third-order valence-electron chi connectivity index (χ3n) is 2.76. The molecular weight excluding hydrogens is 160 g/mol. The Bertz CT molecular complexity index is 183. The van der Waals surface area contributed by atoms with E-state index in [9.17, 15) is 0 Å². The summed E-state index contributed by atoms with van der Waals surface area (Å²) in [4.78, 5) is 0. The second-order valence-corrected chi connectivity index (χ2v) is 3.92. The Labute approximate surface area is 81.3 Å². The van der Waals surface area contributed by atoms with Crippen LogP contribution in [-0.4, -0.2) is 18.1 Å². The Balaban J connectivity index is 2.31. The van der Waals surface area contributed by atoms with Crippen molar-refractivity contribution in [3.05, 3.63) is 0 Å². The maximum absolute atomic E-state index is 5.89. The third kappa shape index (κ3) is 3.38. The lowest BCUT2D eigenvalue weighted by Crippen LogP contribution is -2.43. The molecule has 0 radical (unpaired) electrons. The first-order valence-electron chi connectivity index (χ1n) is 5.24. The van der Waals surface area contributed by atoms with Gasteiger partial charge in [0, 0.05) is 12.1 Å². The van der Waals surface area contributed by atoms with E-state index in [4.69, 9.17) is 12.2 Å². The molecule has 0 aliphatic heterocycles. The van der Waals surface area contributed by atoms with Gasteiger partial charge in [0.2, 0.25) is 0 Å². The predicted molar refractivity (Wildman–Crippen MR) is 56.3 cm³/mol. The van der Waals surface area contributed by atoms with E-state index in [0.29, 0.717) is 12.1 Å². The predicted octanol–water partition coefficient (Wildman–Crippen LogP) is 1.26. The smallest absolute Gasteiger partial charge is 0.0686 e. The van der Waals surface area contributed by atoms with Crippen molar-refractivity contribution in [3.8, 4) is 12.3 Å². The van der Waals surface area contributed by atoms with Crippen LogP contribution in [0.15, 0.2) is 0 Å². The number of rotatable bonds is 3. The average Bonchev–Trinajstić information content (AvgIpc) is 2.14. The monoisotopic (exact) mass is 180 g/mol. The lowest BCUT2D eigenvalue weighted by atomic mass is 9.91. The second kappa shape index (κ2) is 5.26. The lowest BCUT2D eigenvalue weighted by molar-refractivity contribution is 0.326. The van der Waals surface area contributed by atoms with E-state index < -0.39 is 0 Å². The summed E-state index contributed by atoms with van der Waals surface area (Å²) in [6, 6.07) is 1.15. The van der Waals surface area contributed by atoms with Crippen LogP contribution in [-0.2, 0) is 0 Å². The highest BCUT2D eigenvalue weighted by molar-refractivity contribution is 4.99. The third-order valence-corrected chi connectivity index (χ3v) is 2.76. The van der Waals surface area contributed by atoms with Crippen LogP contribution >= 0.6 is 0 Å². The first-order valence-corrected chi connectivity index (χ1v) is 5.24. The molecule has 1 fully saturated rings. The highest BCUT2D eigenvalue weighted by Gasteiger charge is 2.20. The highest BCUT2D eigenvalue weighted by Crippen LogP contribution is 2.17. The van der Waals surface area contributed by atoms with Gasteiger partial charge >= 0.3 is 0 Å². The molecule has 1 aliphatic carbocycles. The van der Waals surface area contributed by atoms with Crippen molar-refractivity contribution in [2.24, 2.45) is 5.73 Å². The molecule has 3 atom stereocenters. The van der Waals surface area contributed by atoms with Gasteiger partial charge in [-0.05, 0) is 25.7 Å². The molecule has 0 aromatic carbocycles. The Kier molecular flexibility index (Phi) is 4.27. The van der Waals surface area contributed by atoms with Crippen molar-refractivity contribution in [1.82, 2.24) is 5.32 Å². The van der Waals surface area contributed by atoms with Gasteiger partial charge < -0.3 is 11.1 Å². The molecule has 1 aliphatic rings. The summed E-state index contributed by atoms with van der Waals surface area (Å²) >= 11 is 0. The Morgan fingerprint density at radius 2 is 2.38 bits per heavy atom. The highest BCUT2D eigenvalue weighted by atomic mass is 15.0. The van der Waals surface area contributed by atoms with Crippen molar-refractivity contribution in [2.45, 2.75) is 57.2 Å². The van der Waals surface area contributed by atoms with Gasteiger partial charge in [0.15, 0.2) is 0 Å². The summed E-state index contributed by atoms with van der Waals surface area (Å²) in [5, 5.41) is 3.47. The molecule has 1 saturated carbocycles. The van der Waals surface area contributed by atoms with Gasteiger partial charge in [-0.2, -0.15) is 0 Å². The van der Waals surface area contributed by atoms with E-state index in [1.165, 1.54) is 19.3 Å². The van der Waals surface area contributed by atoms with Gasteiger partial charge in [-0.1, -0.05) is 19.3 Å². The number of terminal acetylenes is 1. The minimum Gasteiger partial charge on any atom is -0.328 e. The standard InChI is InChI=1S/C11H20N2/c1-3-10(4-2)13-11-7-5-6-9(12)8-11/h1,9-11,13H,4-8,12H2,2H3. The van der Waals surface area contributed by atoms with Gasteiger partial charge in [0.25, 0.3) is 0 Å². The summed E-state index contributed by atoms with van der Waals surface area (Å²) in [5.74, 6) is 2.76. The van der Waals surface area contributed by atoms with E-state index in [-0.39, 0.29) is 6.04 Å². The Morgan fingerprint density at radius 3 is 2.92 bits per heavy atom. The summed E-state index contributed by atoms with van der Waals surface area (Å²) in [6.07, 6.45) is 11.1. The van der Waals surface area contributed by atoms with Crippen molar-refractivity contribution < 1.29 is 0 Å². The molecule has 0 saturated heterocycles. The van der Waals surface area contributed by atoms with Crippen molar-refractivity contribution in [2.75, 3.05) is 0 Å². The van der Waals surface area contributed by atoms with Crippen LogP contribution in [0.25, 0.3) is 0 Å². The van der Waals surface area contributed by atoms with E-state index in [0.717, 1.165) is 12.8 Å². The van der Waals surface area contributed by atoms with Gasteiger partial charge in [0.1, 0.15) is 0 Å². The minimum absolute atomic E-state index is 0.232. The molecular formula is C11H20N2. The lowest BCUT2D eigenvalue weighted by Gasteiger charge is -2.29. The molecule has 0 aromatic rings. The van der Waals surface area contributed by atoms with Crippen LogP contribution in [0.2, 0.25) is 0 Å². The normalized spacial score (nSPS) is 30.8. The van der Waals surface area contributed by atoms with Gasteiger partial charge in [-0.15, -0.1) is 6.42 Å². The fraction of sp³-hybridized carbons (Fsp3) is 0.818.